The Bertz CT molecular complexity index is 471. The van der Waals surface area contributed by atoms with Crippen molar-refractivity contribution in [3.8, 4) is 0 Å². The quantitative estimate of drug-likeness (QED) is 0.765. The molecular formula is C13H22N2O3S. The summed E-state index contributed by atoms with van der Waals surface area (Å²) in [7, 11) is -3.37. The SMILES string of the molecule is CCNS(=O)(=O)c1ccc(NC(C)COCC)cc1. The molecule has 0 spiro atoms. The molecule has 19 heavy (non-hydrogen) atoms. The average Bonchev–Trinajstić information content (AvgIpc) is 2.37. The monoisotopic (exact) mass is 286 g/mol. The molecule has 1 atom stereocenters. The van der Waals surface area contributed by atoms with Crippen LogP contribution in [0.1, 0.15) is 20.8 Å². The van der Waals surface area contributed by atoms with Gasteiger partial charge < -0.3 is 10.1 Å². The summed E-state index contributed by atoms with van der Waals surface area (Å²) in [5, 5.41) is 3.25. The fourth-order valence-electron chi connectivity index (χ4n) is 1.62. The minimum absolute atomic E-state index is 0.177. The van der Waals surface area contributed by atoms with Gasteiger partial charge >= 0.3 is 0 Å². The first-order valence-corrected chi connectivity index (χ1v) is 7.92. The molecule has 0 bridgehead atoms. The van der Waals surface area contributed by atoms with E-state index in [1.165, 1.54) is 0 Å². The Balaban J connectivity index is 2.66. The molecule has 1 unspecified atom stereocenters. The molecule has 0 saturated carbocycles. The van der Waals surface area contributed by atoms with Crippen LogP contribution in [0.3, 0.4) is 0 Å². The fourth-order valence-corrected chi connectivity index (χ4v) is 2.67. The molecule has 0 fully saturated rings. The smallest absolute Gasteiger partial charge is 0.240 e. The lowest BCUT2D eigenvalue weighted by molar-refractivity contribution is 0.141. The van der Waals surface area contributed by atoms with Gasteiger partial charge in [0.05, 0.1) is 11.5 Å². The van der Waals surface area contributed by atoms with E-state index in [0.29, 0.717) is 19.8 Å². The first-order chi connectivity index (χ1) is 8.99. The summed E-state index contributed by atoms with van der Waals surface area (Å²) in [6.07, 6.45) is 0. The second kappa shape index (κ2) is 7.47. The van der Waals surface area contributed by atoms with Crippen molar-refractivity contribution in [1.82, 2.24) is 4.72 Å². The highest BCUT2D eigenvalue weighted by Crippen LogP contribution is 2.14. The molecule has 1 rings (SSSR count). The Kier molecular flexibility index (Phi) is 6.27. The summed E-state index contributed by atoms with van der Waals surface area (Å²) >= 11 is 0. The standard InChI is InChI=1S/C13H22N2O3S/c1-4-14-19(16,17)13-8-6-12(7-9-13)15-11(3)10-18-5-2/h6-9,11,14-15H,4-5,10H2,1-3H3. The van der Waals surface area contributed by atoms with Gasteiger partial charge in [-0.15, -0.1) is 0 Å². The van der Waals surface area contributed by atoms with Crippen molar-refractivity contribution in [2.24, 2.45) is 0 Å². The molecular weight excluding hydrogens is 264 g/mol. The van der Waals surface area contributed by atoms with Crippen molar-refractivity contribution in [2.75, 3.05) is 25.1 Å². The highest BCUT2D eigenvalue weighted by molar-refractivity contribution is 7.89. The number of nitrogens with one attached hydrogen (secondary N) is 2. The Labute approximate surface area is 115 Å². The Morgan fingerprint density at radius 2 is 1.84 bits per heavy atom. The van der Waals surface area contributed by atoms with E-state index in [9.17, 15) is 8.42 Å². The molecule has 108 valence electrons. The number of ether oxygens (including phenoxy) is 1. The van der Waals surface area contributed by atoms with Crippen molar-refractivity contribution >= 4 is 15.7 Å². The predicted octanol–water partition coefficient (Wildman–Crippen LogP) is 1.82. The van der Waals surface area contributed by atoms with E-state index < -0.39 is 10.0 Å². The molecule has 0 radical (unpaired) electrons. The van der Waals surface area contributed by atoms with E-state index in [1.54, 1.807) is 31.2 Å². The van der Waals surface area contributed by atoms with Gasteiger partial charge in [-0.2, -0.15) is 0 Å². The lowest BCUT2D eigenvalue weighted by Gasteiger charge is -2.15. The maximum Gasteiger partial charge on any atom is 0.240 e. The van der Waals surface area contributed by atoms with E-state index in [1.807, 2.05) is 13.8 Å². The molecule has 0 aliphatic carbocycles. The summed E-state index contributed by atoms with van der Waals surface area (Å²) < 4.78 is 31.3. The fraction of sp³-hybridized carbons (Fsp3) is 0.538. The molecule has 0 saturated heterocycles. The van der Waals surface area contributed by atoms with Gasteiger partial charge in [-0.25, -0.2) is 13.1 Å². The largest absolute Gasteiger partial charge is 0.380 e. The Morgan fingerprint density at radius 3 is 2.37 bits per heavy atom. The van der Waals surface area contributed by atoms with Gasteiger partial charge in [0.2, 0.25) is 10.0 Å². The third kappa shape index (κ3) is 5.18. The second-order valence-corrected chi connectivity index (χ2v) is 6.00. The predicted molar refractivity (Wildman–Crippen MR) is 76.9 cm³/mol. The third-order valence-electron chi connectivity index (χ3n) is 2.48. The van der Waals surface area contributed by atoms with Gasteiger partial charge in [0, 0.05) is 24.9 Å². The maximum atomic E-state index is 11.8. The topological polar surface area (TPSA) is 67.4 Å². The van der Waals surface area contributed by atoms with E-state index in [0.717, 1.165) is 5.69 Å². The van der Waals surface area contributed by atoms with E-state index in [-0.39, 0.29) is 10.9 Å². The van der Waals surface area contributed by atoms with Crippen molar-refractivity contribution < 1.29 is 13.2 Å². The van der Waals surface area contributed by atoms with E-state index >= 15 is 0 Å². The van der Waals surface area contributed by atoms with Crippen LogP contribution in [0.15, 0.2) is 29.2 Å². The zero-order valence-electron chi connectivity index (χ0n) is 11.6. The van der Waals surface area contributed by atoms with Crippen LogP contribution in [0.4, 0.5) is 5.69 Å². The number of sulfonamides is 1. The zero-order valence-corrected chi connectivity index (χ0v) is 12.5. The van der Waals surface area contributed by atoms with Crippen LogP contribution in [0.25, 0.3) is 0 Å². The lowest BCUT2D eigenvalue weighted by atomic mass is 10.3. The number of anilines is 1. The molecule has 1 aromatic carbocycles. The Morgan fingerprint density at radius 1 is 1.21 bits per heavy atom. The summed E-state index contributed by atoms with van der Waals surface area (Å²) in [5.74, 6) is 0. The number of benzene rings is 1. The third-order valence-corrected chi connectivity index (χ3v) is 4.05. The van der Waals surface area contributed by atoms with Crippen LogP contribution in [0.5, 0.6) is 0 Å². The van der Waals surface area contributed by atoms with Crippen molar-refractivity contribution in [3.63, 3.8) is 0 Å². The van der Waals surface area contributed by atoms with Crippen molar-refractivity contribution in [2.45, 2.75) is 31.7 Å². The van der Waals surface area contributed by atoms with Gasteiger partial charge in [0.15, 0.2) is 0 Å². The van der Waals surface area contributed by atoms with Crippen LogP contribution in [0.2, 0.25) is 0 Å². The summed E-state index contributed by atoms with van der Waals surface area (Å²) in [4.78, 5) is 0.275. The number of hydrogen-bond acceptors (Lipinski definition) is 4. The Hall–Kier alpha value is -1.11. The molecule has 0 aliphatic rings. The van der Waals surface area contributed by atoms with Crippen molar-refractivity contribution in [3.05, 3.63) is 24.3 Å². The van der Waals surface area contributed by atoms with Gasteiger partial charge in [-0.1, -0.05) is 6.92 Å². The van der Waals surface area contributed by atoms with Crippen LogP contribution in [-0.4, -0.2) is 34.2 Å². The highest BCUT2D eigenvalue weighted by atomic mass is 32.2. The molecule has 2 N–H and O–H groups in total. The average molecular weight is 286 g/mol. The van der Waals surface area contributed by atoms with E-state index in [4.69, 9.17) is 4.74 Å². The minimum atomic E-state index is -3.37. The van der Waals surface area contributed by atoms with Crippen LogP contribution in [0, 0.1) is 0 Å². The highest BCUT2D eigenvalue weighted by Gasteiger charge is 2.12. The molecule has 1 aromatic rings. The van der Waals surface area contributed by atoms with E-state index in [2.05, 4.69) is 10.0 Å². The van der Waals surface area contributed by atoms with Gasteiger partial charge in [0.1, 0.15) is 0 Å². The van der Waals surface area contributed by atoms with Gasteiger partial charge in [-0.3, -0.25) is 0 Å². The van der Waals surface area contributed by atoms with Crippen molar-refractivity contribution in [1.29, 1.82) is 0 Å². The first kappa shape index (κ1) is 15.9. The van der Waals surface area contributed by atoms with Crippen LogP contribution >= 0.6 is 0 Å². The summed E-state index contributed by atoms with van der Waals surface area (Å²) in [6.45, 7) is 7.41. The molecule has 5 nitrogen and oxygen atoms in total. The maximum absolute atomic E-state index is 11.8. The molecule has 0 aromatic heterocycles. The second-order valence-electron chi connectivity index (χ2n) is 4.23. The molecule has 0 aliphatic heterocycles. The number of hydrogen-bond donors (Lipinski definition) is 2. The first-order valence-electron chi connectivity index (χ1n) is 6.43. The van der Waals surface area contributed by atoms with Gasteiger partial charge in [-0.05, 0) is 38.1 Å². The number of rotatable bonds is 8. The normalized spacial score (nSPS) is 13.2. The summed E-state index contributed by atoms with van der Waals surface area (Å²) in [6, 6.07) is 6.87. The molecule has 0 amide bonds. The summed E-state index contributed by atoms with van der Waals surface area (Å²) in [5.41, 5.74) is 0.877. The lowest BCUT2D eigenvalue weighted by Crippen LogP contribution is -2.23. The molecule has 0 heterocycles. The van der Waals surface area contributed by atoms with Crippen LogP contribution in [-0.2, 0) is 14.8 Å². The zero-order chi connectivity index (χ0) is 14.3. The van der Waals surface area contributed by atoms with Gasteiger partial charge in [0.25, 0.3) is 0 Å². The minimum Gasteiger partial charge on any atom is -0.380 e. The van der Waals surface area contributed by atoms with Crippen LogP contribution < -0.4 is 10.0 Å². The molecule has 6 heteroatoms.